The number of carbonyl (C=O) groups excluding carboxylic acids is 6. The van der Waals surface area contributed by atoms with Crippen molar-refractivity contribution in [2.75, 3.05) is 0 Å². The molecule has 3 fully saturated rings. The van der Waals surface area contributed by atoms with Gasteiger partial charge in [-0.15, -0.1) is 0 Å². The van der Waals surface area contributed by atoms with Gasteiger partial charge in [-0.3, -0.25) is 28.8 Å². The van der Waals surface area contributed by atoms with Crippen LogP contribution < -0.4 is 33.2 Å². The zero-order chi connectivity index (χ0) is 64.5. The summed E-state index contributed by atoms with van der Waals surface area (Å²) in [5, 5.41) is 43.7. The molecule has 0 heterocycles. The van der Waals surface area contributed by atoms with E-state index in [1.54, 1.807) is 57.2 Å². The van der Waals surface area contributed by atoms with Crippen LogP contribution in [0.2, 0.25) is 0 Å². The Kier molecular flexibility index (Phi) is 26.0. The van der Waals surface area contributed by atoms with Gasteiger partial charge < -0.3 is 48.8 Å². The maximum Gasteiger partial charge on any atom is 0.223 e. The van der Waals surface area contributed by atoms with E-state index in [0.29, 0.717) is 73.0 Å². The van der Waals surface area contributed by atoms with Gasteiger partial charge in [0.25, 0.3) is 0 Å². The molecule has 0 aliphatic heterocycles. The van der Waals surface area contributed by atoms with Crippen molar-refractivity contribution in [3.8, 4) is 0 Å². The van der Waals surface area contributed by atoms with E-state index in [9.17, 15) is 28.8 Å². The van der Waals surface area contributed by atoms with Crippen LogP contribution in [0.5, 0.6) is 0 Å². The summed E-state index contributed by atoms with van der Waals surface area (Å²) in [6.45, 7) is 5.27. The van der Waals surface area contributed by atoms with Crippen LogP contribution >= 0.6 is 0 Å². The predicted octanol–water partition coefficient (Wildman–Crippen LogP) is 10.1. The molecule has 0 unspecified atom stereocenters. The van der Waals surface area contributed by atoms with E-state index in [2.05, 4.69) is 67.8 Å². The Morgan fingerprint density at radius 3 is 0.833 bits per heavy atom. The molecule has 18 nitrogen and oxygen atoms in total. The first kappa shape index (κ1) is 68.0. The van der Waals surface area contributed by atoms with Gasteiger partial charge >= 0.3 is 0 Å². The van der Waals surface area contributed by atoms with E-state index in [-0.39, 0.29) is 70.3 Å². The Morgan fingerprint density at radius 2 is 0.611 bits per heavy atom. The second-order valence-corrected chi connectivity index (χ2v) is 24.0. The minimum absolute atomic E-state index is 0.0152. The number of amidine groups is 3. The molecular weight excluding hydrogens is 1130 g/mol. The van der Waals surface area contributed by atoms with Crippen LogP contribution in [0, 0.1) is 17.8 Å². The highest BCUT2D eigenvalue weighted by atomic mass is 16.4. The summed E-state index contributed by atoms with van der Waals surface area (Å²) in [6.07, 6.45) is 10.9. The number of oxime groups is 3. The minimum atomic E-state index is -0.496. The standard InChI is InChI=1S/3C24H29N3O3/c3*1-16(22(28)14-9-17-7-10-19(11-8-17)23(25)27-30)26-24(29)21-13-12-20(15-21)18-5-3-2-4-6-18/h3*2-8,10-11,16,20-21,30H,9,12-15H2,1H3,(H2,25,27)(H,26,29)/t3*16-,20+,21+/m000/s1. The number of hydrogen-bond donors (Lipinski definition) is 9. The summed E-state index contributed by atoms with van der Waals surface area (Å²) < 4.78 is 0. The largest absolute Gasteiger partial charge is 0.409 e. The fraction of sp³-hybridized carbons (Fsp3) is 0.375. The molecule has 6 aromatic rings. The van der Waals surface area contributed by atoms with Crippen molar-refractivity contribution < 1.29 is 44.4 Å². The lowest BCUT2D eigenvalue weighted by atomic mass is 9.96. The third-order valence-corrected chi connectivity index (χ3v) is 17.8. The first-order valence-electron chi connectivity index (χ1n) is 31.3. The van der Waals surface area contributed by atoms with E-state index < -0.39 is 18.1 Å². The van der Waals surface area contributed by atoms with Gasteiger partial charge in [-0.1, -0.05) is 179 Å². The normalized spacial score (nSPS) is 20.0. The summed E-state index contributed by atoms with van der Waals surface area (Å²) in [5.74, 6) is 1.31. The molecule has 3 aliphatic carbocycles. The smallest absolute Gasteiger partial charge is 0.223 e. The fourth-order valence-electron chi connectivity index (χ4n) is 12.1. The van der Waals surface area contributed by atoms with Gasteiger partial charge in [0.05, 0.1) is 18.1 Å². The van der Waals surface area contributed by atoms with Crippen molar-refractivity contribution in [3.05, 3.63) is 214 Å². The quantitative estimate of drug-likeness (QED) is 0.0118. The molecule has 9 atom stereocenters. The molecule has 3 saturated carbocycles. The molecule has 0 bridgehead atoms. The third-order valence-electron chi connectivity index (χ3n) is 17.8. The molecule has 0 aromatic heterocycles. The minimum Gasteiger partial charge on any atom is -0.409 e. The highest BCUT2D eigenvalue weighted by molar-refractivity contribution is 5.98. The van der Waals surface area contributed by atoms with E-state index in [0.717, 1.165) is 74.5 Å². The van der Waals surface area contributed by atoms with Gasteiger partial charge in [0, 0.05) is 53.7 Å². The molecule has 3 aliphatic rings. The number of amides is 3. The Hall–Kier alpha value is -9.45. The molecule has 0 saturated heterocycles. The van der Waals surface area contributed by atoms with Gasteiger partial charge in [-0.25, -0.2) is 0 Å². The molecule has 90 heavy (non-hydrogen) atoms. The number of ketones is 3. The summed E-state index contributed by atoms with van der Waals surface area (Å²) in [5.41, 5.74) is 25.3. The lowest BCUT2D eigenvalue weighted by Gasteiger charge is -2.17. The van der Waals surface area contributed by atoms with Crippen LogP contribution in [0.25, 0.3) is 0 Å². The van der Waals surface area contributed by atoms with Crippen LogP contribution in [-0.2, 0) is 48.0 Å². The summed E-state index contributed by atoms with van der Waals surface area (Å²) in [4.78, 5) is 75.4. The molecule has 0 radical (unpaired) electrons. The zero-order valence-corrected chi connectivity index (χ0v) is 51.8. The molecule has 12 N–H and O–H groups in total. The third kappa shape index (κ3) is 20.3. The molecule has 18 heteroatoms. The summed E-state index contributed by atoms with van der Waals surface area (Å²) >= 11 is 0. The van der Waals surface area contributed by atoms with Gasteiger partial charge in [-0.2, -0.15) is 0 Å². The molecule has 9 rings (SSSR count). The van der Waals surface area contributed by atoms with Crippen LogP contribution in [0.1, 0.15) is 166 Å². The maximum absolute atomic E-state index is 12.6. The highest BCUT2D eigenvalue weighted by Gasteiger charge is 2.34. The van der Waals surface area contributed by atoms with Gasteiger partial charge in [-0.05, 0) is 149 Å². The van der Waals surface area contributed by atoms with Crippen molar-refractivity contribution in [3.63, 3.8) is 0 Å². The molecule has 3 amide bonds. The number of nitrogens with two attached hydrogens (primary N) is 3. The maximum atomic E-state index is 12.6. The number of hydrogen-bond acceptors (Lipinski definition) is 12. The second-order valence-electron chi connectivity index (χ2n) is 24.0. The Labute approximate surface area is 527 Å². The average Bonchev–Trinajstić information content (AvgIpc) is 3.44. The van der Waals surface area contributed by atoms with Crippen molar-refractivity contribution in [1.29, 1.82) is 0 Å². The number of carbonyl (C=O) groups is 6. The summed E-state index contributed by atoms with van der Waals surface area (Å²) in [6, 6.07) is 51.1. The SMILES string of the molecule is C[C@H](NC(=O)[C@@H]1CC[C@@H](c2ccccc2)C1)C(=O)CCc1ccc(/C(N)=N/O)cc1.C[C@H](NC(=O)[C@@H]1CC[C@@H](c2ccccc2)C1)C(=O)CCc1ccc(/C(N)=N/O)cc1.C[C@H](NC(=O)[C@@H]1CC[C@@H](c2ccccc2)C1)C(=O)CCc1ccc(/C(N)=N/O)cc1. The molecular formula is C72H87N9O9. The van der Waals surface area contributed by atoms with E-state index in [1.807, 2.05) is 91.0 Å². The number of aryl methyl sites for hydroxylation is 3. The van der Waals surface area contributed by atoms with Crippen LogP contribution in [0.3, 0.4) is 0 Å². The van der Waals surface area contributed by atoms with Crippen molar-refractivity contribution in [1.82, 2.24) is 16.0 Å². The first-order chi connectivity index (χ1) is 43.4. The number of nitrogens with zero attached hydrogens (tertiary/aromatic N) is 3. The van der Waals surface area contributed by atoms with Gasteiger partial charge in [0.15, 0.2) is 34.9 Å². The highest BCUT2D eigenvalue weighted by Crippen LogP contribution is 2.40. The Morgan fingerprint density at radius 1 is 0.378 bits per heavy atom. The number of Topliss-reactive ketones (excluding diaryl/α,β-unsaturated/α-hetero) is 3. The van der Waals surface area contributed by atoms with E-state index >= 15 is 0 Å². The Bertz CT molecular complexity index is 3040. The van der Waals surface area contributed by atoms with Gasteiger partial charge in [0.2, 0.25) is 17.7 Å². The molecule has 6 aromatic carbocycles. The molecule has 0 spiro atoms. The lowest BCUT2D eigenvalue weighted by molar-refractivity contribution is -0.129. The number of benzene rings is 6. The molecule has 474 valence electrons. The van der Waals surface area contributed by atoms with Crippen molar-refractivity contribution in [2.45, 2.75) is 153 Å². The number of nitrogens with one attached hydrogen (secondary N) is 3. The van der Waals surface area contributed by atoms with E-state index in [1.165, 1.54) is 16.7 Å². The first-order valence-corrected chi connectivity index (χ1v) is 31.3. The van der Waals surface area contributed by atoms with Crippen molar-refractivity contribution >= 4 is 52.6 Å². The number of rotatable bonds is 24. The fourth-order valence-corrected chi connectivity index (χ4v) is 12.1. The van der Waals surface area contributed by atoms with Crippen LogP contribution in [-0.4, -0.2) is 86.3 Å². The van der Waals surface area contributed by atoms with Crippen molar-refractivity contribution in [2.24, 2.45) is 50.4 Å². The zero-order valence-electron chi connectivity index (χ0n) is 51.8. The average molecular weight is 1220 g/mol. The lowest BCUT2D eigenvalue weighted by Crippen LogP contribution is -2.41. The second kappa shape index (κ2) is 34.3. The van der Waals surface area contributed by atoms with Crippen LogP contribution in [0.4, 0.5) is 0 Å². The van der Waals surface area contributed by atoms with Gasteiger partial charge in [0.1, 0.15) is 0 Å². The summed E-state index contributed by atoms with van der Waals surface area (Å²) in [7, 11) is 0. The van der Waals surface area contributed by atoms with Crippen LogP contribution in [0.15, 0.2) is 179 Å². The topological polar surface area (TPSA) is 314 Å². The predicted molar refractivity (Wildman–Crippen MR) is 349 cm³/mol. The monoisotopic (exact) mass is 1220 g/mol. The van der Waals surface area contributed by atoms with E-state index in [4.69, 9.17) is 32.8 Å². The Balaban J connectivity index is 0.000000192.